The van der Waals surface area contributed by atoms with Crippen molar-refractivity contribution < 1.29 is 22.0 Å². The van der Waals surface area contributed by atoms with E-state index < -0.39 is 33.6 Å². The third kappa shape index (κ3) is 4.56. The van der Waals surface area contributed by atoms with E-state index in [0.717, 1.165) is 16.4 Å². The van der Waals surface area contributed by atoms with E-state index in [9.17, 15) is 22.0 Å². The van der Waals surface area contributed by atoms with Crippen LogP contribution in [-0.4, -0.2) is 45.3 Å². The van der Waals surface area contributed by atoms with Gasteiger partial charge in [-0.1, -0.05) is 6.07 Å². The SMILES string of the molecule is CN(C)c1ccc(CNC(=O)C2CCCN2S(=O)(=O)c2ccc(F)cc2)cc1F. The van der Waals surface area contributed by atoms with Crippen molar-refractivity contribution in [3.63, 3.8) is 0 Å². The molecule has 1 heterocycles. The van der Waals surface area contributed by atoms with E-state index in [2.05, 4.69) is 5.32 Å². The van der Waals surface area contributed by atoms with Crippen LogP contribution in [0.3, 0.4) is 0 Å². The largest absolute Gasteiger partial charge is 0.375 e. The molecule has 6 nitrogen and oxygen atoms in total. The summed E-state index contributed by atoms with van der Waals surface area (Å²) in [4.78, 5) is 14.2. The first-order valence-electron chi connectivity index (χ1n) is 9.21. The minimum Gasteiger partial charge on any atom is -0.375 e. The number of hydrogen-bond acceptors (Lipinski definition) is 4. The van der Waals surface area contributed by atoms with E-state index in [1.165, 1.54) is 18.2 Å². The van der Waals surface area contributed by atoms with Crippen LogP contribution in [0.2, 0.25) is 0 Å². The predicted octanol–water partition coefficient (Wildman–Crippen LogP) is 2.50. The zero-order chi connectivity index (χ0) is 21.2. The second kappa shape index (κ2) is 8.46. The minimum absolute atomic E-state index is 0.0556. The summed E-state index contributed by atoms with van der Waals surface area (Å²) in [6.07, 6.45) is 0.935. The van der Waals surface area contributed by atoms with Gasteiger partial charge in [0.25, 0.3) is 0 Å². The Bertz CT molecular complexity index is 995. The van der Waals surface area contributed by atoms with Crippen molar-refractivity contribution in [1.82, 2.24) is 9.62 Å². The van der Waals surface area contributed by atoms with Crippen LogP contribution in [0.15, 0.2) is 47.4 Å². The third-order valence-electron chi connectivity index (χ3n) is 4.89. The maximum atomic E-state index is 14.1. The lowest BCUT2D eigenvalue weighted by molar-refractivity contribution is -0.124. The van der Waals surface area contributed by atoms with Gasteiger partial charge >= 0.3 is 0 Å². The van der Waals surface area contributed by atoms with Crippen LogP contribution in [0, 0.1) is 11.6 Å². The van der Waals surface area contributed by atoms with Gasteiger partial charge in [-0.3, -0.25) is 4.79 Å². The van der Waals surface area contributed by atoms with Gasteiger partial charge in [-0.2, -0.15) is 4.31 Å². The smallest absolute Gasteiger partial charge is 0.243 e. The van der Waals surface area contributed by atoms with Crippen molar-refractivity contribution in [3.8, 4) is 0 Å². The minimum atomic E-state index is -3.91. The molecule has 156 valence electrons. The number of carbonyl (C=O) groups is 1. The molecule has 29 heavy (non-hydrogen) atoms. The fourth-order valence-corrected chi connectivity index (χ4v) is 5.02. The third-order valence-corrected chi connectivity index (χ3v) is 6.81. The highest BCUT2D eigenvalue weighted by Gasteiger charge is 2.39. The fraction of sp³-hybridized carbons (Fsp3) is 0.350. The molecular weight excluding hydrogens is 400 g/mol. The highest BCUT2D eigenvalue weighted by atomic mass is 32.2. The first kappa shape index (κ1) is 21.2. The Morgan fingerprint density at radius 3 is 2.48 bits per heavy atom. The molecule has 0 aliphatic carbocycles. The Hall–Kier alpha value is -2.52. The van der Waals surface area contributed by atoms with Gasteiger partial charge < -0.3 is 10.2 Å². The van der Waals surface area contributed by atoms with E-state index in [1.807, 2.05) is 0 Å². The normalized spacial score (nSPS) is 17.3. The molecule has 0 spiro atoms. The molecule has 0 bridgehead atoms. The molecule has 1 aliphatic rings. The summed E-state index contributed by atoms with van der Waals surface area (Å²) in [5, 5.41) is 2.69. The summed E-state index contributed by atoms with van der Waals surface area (Å²) in [5.74, 6) is -1.37. The van der Waals surface area contributed by atoms with Crippen LogP contribution in [0.5, 0.6) is 0 Å². The molecule has 2 aromatic carbocycles. The Morgan fingerprint density at radius 1 is 1.17 bits per heavy atom. The molecule has 0 radical (unpaired) electrons. The van der Waals surface area contributed by atoms with Crippen LogP contribution < -0.4 is 10.2 Å². The zero-order valence-corrected chi connectivity index (χ0v) is 17.0. The van der Waals surface area contributed by atoms with E-state index in [-0.39, 0.29) is 18.0 Å². The van der Waals surface area contributed by atoms with Crippen LogP contribution >= 0.6 is 0 Å². The van der Waals surface area contributed by atoms with Gasteiger partial charge in [-0.15, -0.1) is 0 Å². The first-order valence-corrected chi connectivity index (χ1v) is 10.6. The Balaban J connectivity index is 1.70. The van der Waals surface area contributed by atoms with Crippen LogP contribution in [0.1, 0.15) is 18.4 Å². The van der Waals surface area contributed by atoms with E-state index in [4.69, 9.17) is 0 Å². The van der Waals surface area contributed by atoms with Crippen LogP contribution in [0.25, 0.3) is 0 Å². The monoisotopic (exact) mass is 423 g/mol. The second-order valence-corrected chi connectivity index (χ2v) is 9.02. The molecule has 1 saturated heterocycles. The first-order chi connectivity index (χ1) is 13.7. The second-order valence-electron chi connectivity index (χ2n) is 7.13. The van der Waals surface area contributed by atoms with Crippen molar-refractivity contribution in [2.45, 2.75) is 30.3 Å². The molecule has 9 heteroatoms. The predicted molar refractivity (Wildman–Crippen MR) is 106 cm³/mol. The van der Waals surface area contributed by atoms with Crippen LogP contribution in [0.4, 0.5) is 14.5 Å². The number of benzene rings is 2. The molecule has 0 saturated carbocycles. The standard InChI is InChI=1S/C20H23F2N3O3S/c1-24(2)18-10-5-14(12-17(18)22)13-23-20(26)19-4-3-11-25(19)29(27,28)16-8-6-15(21)7-9-16/h5-10,12,19H,3-4,11,13H2,1-2H3,(H,23,26). The molecule has 1 N–H and O–H groups in total. The Morgan fingerprint density at radius 2 is 1.86 bits per heavy atom. The highest BCUT2D eigenvalue weighted by Crippen LogP contribution is 2.26. The summed E-state index contributed by atoms with van der Waals surface area (Å²) in [6, 6.07) is 8.35. The molecular formula is C20H23F2N3O3S. The van der Waals surface area contributed by atoms with Crippen molar-refractivity contribution in [2.75, 3.05) is 25.5 Å². The van der Waals surface area contributed by atoms with E-state index >= 15 is 0 Å². The van der Waals surface area contributed by atoms with E-state index in [0.29, 0.717) is 24.1 Å². The number of hydrogen-bond donors (Lipinski definition) is 1. The van der Waals surface area contributed by atoms with Crippen molar-refractivity contribution in [2.24, 2.45) is 0 Å². The molecule has 1 fully saturated rings. The Labute approximate surface area is 169 Å². The van der Waals surface area contributed by atoms with Gasteiger partial charge in [0.2, 0.25) is 15.9 Å². The number of nitrogens with zero attached hydrogens (tertiary/aromatic N) is 2. The average Bonchev–Trinajstić information content (AvgIpc) is 3.17. The number of rotatable bonds is 6. The average molecular weight is 423 g/mol. The fourth-order valence-electron chi connectivity index (χ4n) is 3.36. The lowest BCUT2D eigenvalue weighted by Gasteiger charge is -2.23. The topological polar surface area (TPSA) is 69.7 Å². The van der Waals surface area contributed by atoms with Gasteiger partial charge in [0.15, 0.2) is 0 Å². The lowest BCUT2D eigenvalue weighted by Crippen LogP contribution is -2.45. The maximum Gasteiger partial charge on any atom is 0.243 e. The van der Waals surface area contributed by atoms with Gasteiger partial charge in [-0.05, 0) is 54.8 Å². The van der Waals surface area contributed by atoms with Gasteiger partial charge in [0.1, 0.15) is 17.7 Å². The highest BCUT2D eigenvalue weighted by molar-refractivity contribution is 7.89. The number of halogens is 2. The molecule has 1 atom stereocenters. The summed E-state index contributed by atoms with van der Waals surface area (Å²) in [7, 11) is -0.450. The summed E-state index contributed by atoms with van der Waals surface area (Å²) in [5.41, 5.74) is 1.01. The quantitative estimate of drug-likeness (QED) is 0.775. The number of carbonyl (C=O) groups excluding carboxylic acids is 1. The lowest BCUT2D eigenvalue weighted by atomic mass is 10.1. The molecule has 1 aliphatic heterocycles. The molecule has 1 unspecified atom stereocenters. The molecule has 3 rings (SSSR count). The number of sulfonamides is 1. The number of anilines is 1. The van der Waals surface area contributed by atoms with Crippen molar-refractivity contribution >= 4 is 21.6 Å². The molecule has 2 aromatic rings. The van der Waals surface area contributed by atoms with Crippen LogP contribution in [-0.2, 0) is 21.4 Å². The maximum absolute atomic E-state index is 14.1. The molecule has 0 aromatic heterocycles. The number of nitrogens with one attached hydrogen (secondary N) is 1. The Kier molecular flexibility index (Phi) is 6.18. The van der Waals surface area contributed by atoms with E-state index in [1.54, 1.807) is 31.1 Å². The summed E-state index contributed by atoms with van der Waals surface area (Å²) < 4.78 is 54.1. The molecule has 1 amide bonds. The summed E-state index contributed by atoms with van der Waals surface area (Å²) >= 11 is 0. The summed E-state index contributed by atoms with van der Waals surface area (Å²) in [6.45, 7) is 0.300. The van der Waals surface area contributed by atoms with Gasteiger partial charge in [-0.25, -0.2) is 17.2 Å². The zero-order valence-electron chi connectivity index (χ0n) is 16.2. The number of amides is 1. The van der Waals surface area contributed by atoms with Crippen molar-refractivity contribution in [1.29, 1.82) is 0 Å². The van der Waals surface area contributed by atoms with Gasteiger partial charge in [0, 0.05) is 27.2 Å². The van der Waals surface area contributed by atoms with Gasteiger partial charge in [0.05, 0.1) is 10.6 Å². The van der Waals surface area contributed by atoms with Crippen molar-refractivity contribution in [3.05, 3.63) is 59.7 Å².